The van der Waals surface area contributed by atoms with E-state index in [0.717, 1.165) is 41.3 Å². The summed E-state index contributed by atoms with van der Waals surface area (Å²) in [6.45, 7) is 5.18. The third kappa shape index (κ3) is 3.49. The molecule has 3 heterocycles. The van der Waals surface area contributed by atoms with Crippen molar-refractivity contribution in [3.8, 4) is 0 Å². The number of amides is 1. The number of hydrogen-bond donors (Lipinski definition) is 1. The molecule has 1 unspecified atom stereocenters. The van der Waals surface area contributed by atoms with Crippen LogP contribution in [0.3, 0.4) is 0 Å². The number of aryl methyl sites for hydroxylation is 2. The molecule has 1 N–H and O–H groups in total. The van der Waals surface area contributed by atoms with Gasteiger partial charge in [-0.05, 0) is 50.3 Å². The summed E-state index contributed by atoms with van der Waals surface area (Å²) >= 11 is 0. The molecule has 1 amide bonds. The van der Waals surface area contributed by atoms with Gasteiger partial charge in [0, 0.05) is 42.0 Å². The van der Waals surface area contributed by atoms with E-state index in [2.05, 4.69) is 5.32 Å². The van der Waals surface area contributed by atoms with Gasteiger partial charge in [-0.1, -0.05) is 0 Å². The van der Waals surface area contributed by atoms with Gasteiger partial charge in [0.2, 0.25) is 5.91 Å². The van der Waals surface area contributed by atoms with Crippen molar-refractivity contribution in [2.24, 2.45) is 0 Å². The van der Waals surface area contributed by atoms with Crippen LogP contribution in [0.1, 0.15) is 36.0 Å². The Balaban J connectivity index is 1.54. The van der Waals surface area contributed by atoms with Crippen LogP contribution in [0, 0.1) is 13.8 Å². The zero-order chi connectivity index (χ0) is 19.0. The van der Waals surface area contributed by atoms with Gasteiger partial charge in [0.05, 0.1) is 12.4 Å². The molecule has 1 aliphatic heterocycles. The highest BCUT2D eigenvalue weighted by atomic mass is 16.5. The Morgan fingerprint density at radius 2 is 2.07 bits per heavy atom. The summed E-state index contributed by atoms with van der Waals surface area (Å²) in [5, 5.41) is 4.77. The second-order valence-corrected chi connectivity index (χ2v) is 7.20. The van der Waals surface area contributed by atoms with E-state index in [4.69, 9.17) is 13.6 Å². The van der Waals surface area contributed by atoms with Gasteiger partial charge in [-0.15, -0.1) is 0 Å². The molecule has 6 heteroatoms. The van der Waals surface area contributed by atoms with E-state index in [-0.39, 0.29) is 18.4 Å². The van der Waals surface area contributed by atoms with Crippen LogP contribution in [0.25, 0.3) is 21.9 Å². The summed E-state index contributed by atoms with van der Waals surface area (Å²) in [5.74, 6) is -0.0782. The molecule has 0 aliphatic carbocycles. The number of hydrogen-bond acceptors (Lipinski definition) is 5. The number of rotatable bonds is 5. The lowest BCUT2D eigenvalue weighted by Crippen LogP contribution is -2.32. The highest BCUT2D eigenvalue weighted by molar-refractivity contribution is 5.96. The second-order valence-electron chi connectivity index (χ2n) is 7.20. The molecule has 1 aliphatic rings. The van der Waals surface area contributed by atoms with Crippen LogP contribution in [-0.2, 0) is 16.0 Å². The highest BCUT2D eigenvalue weighted by Gasteiger charge is 2.18. The van der Waals surface area contributed by atoms with Crippen molar-refractivity contribution in [3.63, 3.8) is 0 Å². The summed E-state index contributed by atoms with van der Waals surface area (Å²) in [6.07, 6.45) is 4.43. The highest BCUT2D eigenvalue weighted by Crippen LogP contribution is 2.29. The maximum absolute atomic E-state index is 12.4. The van der Waals surface area contributed by atoms with Crippen molar-refractivity contribution in [2.75, 3.05) is 13.2 Å². The van der Waals surface area contributed by atoms with Crippen molar-refractivity contribution in [2.45, 2.75) is 45.6 Å². The summed E-state index contributed by atoms with van der Waals surface area (Å²) in [4.78, 5) is 24.6. The van der Waals surface area contributed by atoms with Gasteiger partial charge >= 0.3 is 5.63 Å². The number of carbonyl (C=O) groups is 1. The minimum atomic E-state index is -0.394. The van der Waals surface area contributed by atoms with Gasteiger partial charge in [0.15, 0.2) is 0 Å². The number of nitrogens with one attached hydrogen (secondary N) is 1. The summed E-state index contributed by atoms with van der Waals surface area (Å²) in [7, 11) is 0. The normalized spacial score (nSPS) is 17.0. The Morgan fingerprint density at radius 1 is 1.22 bits per heavy atom. The number of carbonyl (C=O) groups excluding carboxylic acids is 1. The molecule has 0 saturated carbocycles. The lowest BCUT2D eigenvalue weighted by atomic mass is 10.0. The van der Waals surface area contributed by atoms with Crippen LogP contribution >= 0.6 is 0 Å². The van der Waals surface area contributed by atoms with E-state index in [1.807, 2.05) is 19.9 Å². The minimum absolute atomic E-state index is 0.0782. The van der Waals surface area contributed by atoms with E-state index < -0.39 is 5.63 Å². The lowest BCUT2D eigenvalue weighted by Gasteiger charge is -2.11. The smallest absolute Gasteiger partial charge is 0.339 e. The molecule has 0 radical (unpaired) electrons. The van der Waals surface area contributed by atoms with E-state index in [0.29, 0.717) is 29.7 Å². The maximum Gasteiger partial charge on any atom is 0.339 e. The fourth-order valence-electron chi connectivity index (χ4n) is 3.69. The molecule has 1 fully saturated rings. The van der Waals surface area contributed by atoms with E-state index in [1.54, 1.807) is 12.3 Å². The topological polar surface area (TPSA) is 81.7 Å². The zero-order valence-electron chi connectivity index (χ0n) is 15.6. The lowest BCUT2D eigenvalue weighted by molar-refractivity contribution is -0.121. The first kappa shape index (κ1) is 17.8. The molecule has 0 bridgehead atoms. The van der Waals surface area contributed by atoms with Crippen LogP contribution in [0.5, 0.6) is 0 Å². The fourth-order valence-corrected chi connectivity index (χ4v) is 3.69. The fraction of sp³-hybridized carbons (Fsp3) is 0.429. The van der Waals surface area contributed by atoms with E-state index in [1.165, 1.54) is 0 Å². The zero-order valence-corrected chi connectivity index (χ0v) is 15.6. The van der Waals surface area contributed by atoms with E-state index >= 15 is 0 Å². The van der Waals surface area contributed by atoms with Crippen LogP contribution in [-0.4, -0.2) is 25.2 Å². The second kappa shape index (κ2) is 7.19. The van der Waals surface area contributed by atoms with Crippen LogP contribution in [0.15, 0.2) is 32.0 Å². The molecule has 0 spiro atoms. The summed E-state index contributed by atoms with van der Waals surface area (Å²) in [6, 6.07) is 3.74. The van der Waals surface area contributed by atoms with Gasteiger partial charge in [-0.25, -0.2) is 4.79 Å². The monoisotopic (exact) mass is 369 g/mol. The van der Waals surface area contributed by atoms with Crippen molar-refractivity contribution >= 4 is 27.8 Å². The average molecular weight is 369 g/mol. The molecule has 2 aromatic heterocycles. The molecule has 27 heavy (non-hydrogen) atoms. The number of furan rings is 1. The van der Waals surface area contributed by atoms with Gasteiger partial charge in [-0.3, -0.25) is 4.79 Å². The SMILES string of the molecule is Cc1coc2cc3oc(=O)c(CCC(=O)NCC4CCCO4)c(C)c3cc12. The predicted molar refractivity (Wildman–Crippen MR) is 102 cm³/mol. The first-order valence-corrected chi connectivity index (χ1v) is 9.35. The third-order valence-electron chi connectivity index (χ3n) is 5.33. The van der Waals surface area contributed by atoms with Crippen molar-refractivity contribution < 1.29 is 18.4 Å². The Kier molecular flexibility index (Phi) is 4.74. The van der Waals surface area contributed by atoms with Crippen LogP contribution < -0.4 is 10.9 Å². The number of fused-ring (bicyclic) bond motifs is 2. The molecule has 1 saturated heterocycles. The first-order valence-electron chi connectivity index (χ1n) is 9.35. The Bertz CT molecular complexity index is 1060. The first-order chi connectivity index (χ1) is 13.0. The maximum atomic E-state index is 12.4. The number of benzene rings is 1. The van der Waals surface area contributed by atoms with Crippen LogP contribution in [0.2, 0.25) is 0 Å². The molecule has 3 aromatic rings. The van der Waals surface area contributed by atoms with Crippen LogP contribution in [0.4, 0.5) is 0 Å². The average Bonchev–Trinajstić information content (AvgIpc) is 3.29. The van der Waals surface area contributed by atoms with Gasteiger partial charge < -0.3 is 18.9 Å². The largest absolute Gasteiger partial charge is 0.464 e. The molecular weight excluding hydrogens is 346 g/mol. The minimum Gasteiger partial charge on any atom is -0.464 e. The molecule has 4 rings (SSSR count). The Labute approximate surface area is 156 Å². The molecule has 1 aromatic carbocycles. The summed E-state index contributed by atoms with van der Waals surface area (Å²) in [5.41, 5.74) is 3.25. The molecule has 1 atom stereocenters. The third-order valence-corrected chi connectivity index (χ3v) is 5.33. The molecular formula is C21H23NO5. The standard InChI is InChI=1S/C21H23NO5/c1-12-11-26-18-9-19-17(8-16(12)18)13(2)15(21(24)27-19)5-6-20(23)22-10-14-4-3-7-25-14/h8-9,11,14H,3-7,10H2,1-2H3,(H,22,23). The molecule has 6 nitrogen and oxygen atoms in total. The Hall–Kier alpha value is -2.60. The van der Waals surface area contributed by atoms with Crippen molar-refractivity contribution in [1.82, 2.24) is 5.32 Å². The van der Waals surface area contributed by atoms with Gasteiger partial charge in [0.1, 0.15) is 11.2 Å². The number of ether oxygens (including phenoxy) is 1. The summed E-state index contributed by atoms with van der Waals surface area (Å²) < 4.78 is 16.5. The van der Waals surface area contributed by atoms with E-state index in [9.17, 15) is 9.59 Å². The van der Waals surface area contributed by atoms with Gasteiger partial charge in [0.25, 0.3) is 0 Å². The Morgan fingerprint density at radius 3 is 2.85 bits per heavy atom. The van der Waals surface area contributed by atoms with Gasteiger partial charge in [-0.2, -0.15) is 0 Å². The predicted octanol–water partition coefficient (Wildman–Crippen LogP) is 3.38. The quantitative estimate of drug-likeness (QED) is 0.697. The van der Waals surface area contributed by atoms with Crippen molar-refractivity contribution in [3.05, 3.63) is 45.5 Å². The molecule has 142 valence electrons. The van der Waals surface area contributed by atoms with Crippen molar-refractivity contribution in [1.29, 1.82) is 0 Å².